The average molecular weight is 286 g/mol. The lowest BCUT2D eigenvalue weighted by Crippen LogP contribution is -2.52. The number of para-hydroxylation sites is 1. The monoisotopic (exact) mass is 286 g/mol. The topological polar surface area (TPSA) is 26.7 Å². The number of rotatable bonds is 2. The van der Waals surface area contributed by atoms with Gasteiger partial charge in [0.1, 0.15) is 5.60 Å². The van der Waals surface area contributed by atoms with E-state index in [0.29, 0.717) is 19.0 Å². The van der Waals surface area contributed by atoms with Crippen molar-refractivity contribution in [1.29, 1.82) is 0 Å². The van der Waals surface area contributed by atoms with Gasteiger partial charge >= 0.3 is 0 Å². The van der Waals surface area contributed by atoms with Crippen LogP contribution in [0.1, 0.15) is 20.3 Å². The molecule has 21 heavy (non-hydrogen) atoms. The molecule has 2 rings (SSSR count). The highest BCUT2D eigenvalue weighted by Gasteiger charge is 2.39. The average Bonchev–Trinajstić information content (AvgIpc) is 2.46. The SMILES string of the molecule is CC1CC(O)(C#CCN(C)c2ccccc2)C(C)CN1C. The minimum atomic E-state index is -0.858. The number of anilines is 1. The fourth-order valence-electron chi connectivity index (χ4n) is 2.83. The van der Waals surface area contributed by atoms with Crippen molar-refractivity contribution in [2.45, 2.75) is 31.9 Å². The molecular weight excluding hydrogens is 260 g/mol. The molecule has 0 aliphatic carbocycles. The quantitative estimate of drug-likeness (QED) is 0.845. The van der Waals surface area contributed by atoms with Crippen LogP contribution in [0.4, 0.5) is 5.69 Å². The van der Waals surface area contributed by atoms with E-state index in [-0.39, 0.29) is 5.92 Å². The summed E-state index contributed by atoms with van der Waals surface area (Å²) >= 11 is 0. The Balaban J connectivity index is 2.01. The summed E-state index contributed by atoms with van der Waals surface area (Å²) in [5.74, 6) is 6.48. The first kappa shape index (κ1) is 15.9. The fraction of sp³-hybridized carbons (Fsp3) is 0.556. The van der Waals surface area contributed by atoms with Gasteiger partial charge in [-0.05, 0) is 26.1 Å². The van der Waals surface area contributed by atoms with E-state index >= 15 is 0 Å². The summed E-state index contributed by atoms with van der Waals surface area (Å²) in [4.78, 5) is 4.39. The van der Waals surface area contributed by atoms with Gasteiger partial charge in [0, 0.05) is 37.7 Å². The lowest BCUT2D eigenvalue weighted by atomic mass is 9.79. The second-order valence-electron chi connectivity index (χ2n) is 6.31. The Bertz CT molecular complexity index is 519. The zero-order valence-corrected chi connectivity index (χ0v) is 13.5. The van der Waals surface area contributed by atoms with Crippen LogP contribution in [-0.4, -0.2) is 48.8 Å². The summed E-state index contributed by atoms with van der Waals surface area (Å²) < 4.78 is 0. The number of hydrogen-bond donors (Lipinski definition) is 1. The molecule has 1 aromatic rings. The molecule has 1 aliphatic heterocycles. The molecule has 1 saturated heterocycles. The summed E-state index contributed by atoms with van der Waals surface area (Å²) in [6.07, 6.45) is 0.715. The van der Waals surface area contributed by atoms with E-state index in [1.165, 1.54) is 0 Å². The molecule has 0 aromatic heterocycles. The minimum Gasteiger partial charge on any atom is -0.377 e. The van der Waals surface area contributed by atoms with Crippen LogP contribution in [0.3, 0.4) is 0 Å². The van der Waals surface area contributed by atoms with Crippen LogP contribution in [0.2, 0.25) is 0 Å². The van der Waals surface area contributed by atoms with Crippen molar-refractivity contribution >= 4 is 5.69 Å². The molecule has 0 bridgehead atoms. The van der Waals surface area contributed by atoms with E-state index in [0.717, 1.165) is 12.2 Å². The fourth-order valence-corrected chi connectivity index (χ4v) is 2.83. The van der Waals surface area contributed by atoms with E-state index in [4.69, 9.17) is 0 Å². The number of aliphatic hydroxyl groups is 1. The van der Waals surface area contributed by atoms with Crippen LogP contribution in [0.25, 0.3) is 0 Å². The summed E-state index contributed by atoms with van der Waals surface area (Å²) in [5, 5.41) is 10.8. The molecule has 3 unspecified atom stereocenters. The normalized spacial score (nSPS) is 29.6. The van der Waals surface area contributed by atoms with Gasteiger partial charge in [0.25, 0.3) is 0 Å². The first-order valence-electron chi connectivity index (χ1n) is 7.61. The van der Waals surface area contributed by atoms with E-state index < -0.39 is 5.60 Å². The molecule has 1 N–H and O–H groups in total. The molecule has 0 radical (unpaired) electrons. The molecule has 1 heterocycles. The third-order valence-corrected chi connectivity index (χ3v) is 4.55. The molecule has 114 valence electrons. The number of hydrogen-bond acceptors (Lipinski definition) is 3. The minimum absolute atomic E-state index is 0.174. The van der Waals surface area contributed by atoms with Crippen molar-refractivity contribution in [1.82, 2.24) is 4.90 Å². The van der Waals surface area contributed by atoms with Gasteiger partial charge in [-0.15, -0.1) is 0 Å². The second kappa shape index (κ2) is 6.51. The number of nitrogens with zero attached hydrogens (tertiary/aromatic N) is 2. The van der Waals surface area contributed by atoms with Crippen molar-refractivity contribution in [3.63, 3.8) is 0 Å². The van der Waals surface area contributed by atoms with Crippen LogP contribution in [0.5, 0.6) is 0 Å². The van der Waals surface area contributed by atoms with Gasteiger partial charge in [0.15, 0.2) is 0 Å². The molecule has 1 aliphatic rings. The van der Waals surface area contributed by atoms with Gasteiger partial charge in [-0.1, -0.05) is 37.0 Å². The standard InChI is InChI=1S/C18H26N2O/c1-15-14-20(4)16(2)13-18(15,21)11-8-12-19(3)17-9-6-5-7-10-17/h5-7,9-10,15-16,21H,12-14H2,1-4H3. The zero-order valence-electron chi connectivity index (χ0n) is 13.5. The second-order valence-corrected chi connectivity index (χ2v) is 6.31. The van der Waals surface area contributed by atoms with E-state index in [2.05, 4.69) is 54.7 Å². The van der Waals surface area contributed by atoms with Crippen LogP contribution >= 0.6 is 0 Å². The Kier molecular flexibility index (Phi) is 4.92. The van der Waals surface area contributed by atoms with Crippen molar-refractivity contribution in [2.75, 3.05) is 32.1 Å². The molecule has 0 saturated carbocycles. The Hall–Kier alpha value is -1.50. The Morgan fingerprint density at radius 3 is 2.67 bits per heavy atom. The summed E-state index contributed by atoms with van der Waals surface area (Å²) in [7, 11) is 4.13. The summed E-state index contributed by atoms with van der Waals surface area (Å²) in [6.45, 7) is 5.75. The lowest BCUT2D eigenvalue weighted by molar-refractivity contribution is -0.0347. The summed E-state index contributed by atoms with van der Waals surface area (Å²) in [6, 6.07) is 10.6. The van der Waals surface area contributed by atoms with Gasteiger partial charge in [0.05, 0.1) is 6.54 Å². The largest absolute Gasteiger partial charge is 0.377 e. The van der Waals surface area contributed by atoms with Gasteiger partial charge in [-0.3, -0.25) is 0 Å². The van der Waals surface area contributed by atoms with Gasteiger partial charge in [-0.25, -0.2) is 0 Å². The van der Waals surface area contributed by atoms with Crippen LogP contribution < -0.4 is 4.90 Å². The number of piperidine rings is 1. The number of benzene rings is 1. The van der Waals surface area contributed by atoms with Crippen LogP contribution in [0, 0.1) is 17.8 Å². The Morgan fingerprint density at radius 2 is 2.00 bits per heavy atom. The van der Waals surface area contributed by atoms with Crippen molar-refractivity contribution in [3.05, 3.63) is 30.3 Å². The zero-order chi connectivity index (χ0) is 15.5. The number of likely N-dealkylation sites (tertiary alicyclic amines) is 1. The van der Waals surface area contributed by atoms with E-state index in [1.54, 1.807) is 0 Å². The smallest absolute Gasteiger partial charge is 0.130 e. The summed E-state index contributed by atoms with van der Waals surface area (Å²) in [5.41, 5.74) is 0.285. The highest BCUT2D eigenvalue weighted by atomic mass is 16.3. The van der Waals surface area contributed by atoms with Gasteiger partial charge in [-0.2, -0.15) is 0 Å². The maximum atomic E-state index is 10.8. The Morgan fingerprint density at radius 1 is 1.33 bits per heavy atom. The molecule has 3 atom stereocenters. The van der Waals surface area contributed by atoms with E-state index in [1.807, 2.05) is 25.2 Å². The molecule has 1 aromatic carbocycles. The third kappa shape index (κ3) is 3.78. The van der Waals surface area contributed by atoms with Gasteiger partial charge in [0.2, 0.25) is 0 Å². The molecule has 1 fully saturated rings. The van der Waals surface area contributed by atoms with Gasteiger partial charge < -0.3 is 14.9 Å². The molecule has 0 spiro atoms. The third-order valence-electron chi connectivity index (χ3n) is 4.55. The van der Waals surface area contributed by atoms with Crippen molar-refractivity contribution in [2.24, 2.45) is 5.92 Å². The lowest BCUT2D eigenvalue weighted by Gasteiger charge is -2.42. The first-order valence-corrected chi connectivity index (χ1v) is 7.61. The molecule has 0 amide bonds. The van der Waals surface area contributed by atoms with Crippen LogP contribution in [-0.2, 0) is 0 Å². The highest BCUT2D eigenvalue weighted by molar-refractivity contribution is 5.46. The predicted molar refractivity (Wildman–Crippen MR) is 88.3 cm³/mol. The van der Waals surface area contributed by atoms with Crippen molar-refractivity contribution < 1.29 is 5.11 Å². The Labute approximate surface area is 128 Å². The molecular formula is C18H26N2O. The van der Waals surface area contributed by atoms with Crippen LogP contribution in [0.15, 0.2) is 30.3 Å². The van der Waals surface area contributed by atoms with Crippen molar-refractivity contribution in [3.8, 4) is 11.8 Å². The molecule has 3 heteroatoms. The first-order chi connectivity index (χ1) is 9.92. The predicted octanol–water partition coefficient (Wildman–Crippen LogP) is 2.22. The van der Waals surface area contributed by atoms with E-state index in [9.17, 15) is 5.11 Å². The maximum absolute atomic E-state index is 10.8. The maximum Gasteiger partial charge on any atom is 0.130 e. The highest BCUT2D eigenvalue weighted by Crippen LogP contribution is 2.30. The molecule has 3 nitrogen and oxygen atoms in total.